The smallest absolute Gasteiger partial charge is 0.410 e. The maximum absolute atomic E-state index is 13.7. The molecule has 2 aromatic carbocycles. The molecule has 4 rings (SSSR count). The number of hydrogen-bond donors (Lipinski definition) is 0. The quantitative estimate of drug-likeness (QED) is 0.282. The van der Waals surface area contributed by atoms with E-state index in [4.69, 9.17) is 9.47 Å². The largest absolute Gasteiger partial charge is 0.493 e. The van der Waals surface area contributed by atoms with Crippen LogP contribution in [0.1, 0.15) is 58.1 Å². The number of nitrogens with zero attached hydrogens (tertiary/aromatic N) is 3. The maximum Gasteiger partial charge on any atom is 0.410 e. The van der Waals surface area contributed by atoms with Gasteiger partial charge in [-0.2, -0.15) is 0 Å². The summed E-state index contributed by atoms with van der Waals surface area (Å²) in [6, 6.07) is 14.7. The molecule has 0 N–H and O–H groups in total. The number of carbonyl (C=O) groups excluding carboxylic acids is 2. The van der Waals surface area contributed by atoms with Crippen molar-refractivity contribution in [1.29, 1.82) is 0 Å². The van der Waals surface area contributed by atoms with Gasteiger partial charge in [-0.05, 0) is 79.5 Å². The Kier molecular flexibility index (Phi) is 11.6. The van der Waals surface area contributed by atoms with Crippen LogP contribution in [0, 0.1) is 17.7 Å². The van der Waals surface area contributed by atoms with Crippen molar-refractivity contribution in [1.82, 2.24) is 14.7 Å². The first-order valence-corrected chi connectivity index (χ1v) is 15.6. The number of hydrogen-bond acceptors (Lipinski definition) is 5. The molecule has 2 saturated heterocycles. The lowest BCUT2D eigenvalue weighted by molar-refractivity contribution is -0.133. The predicted molar refractivity (Wildman–Crippen MR) is 163 cm³/mol. The average molecular weight is 582 g/mol. The maximum atomic E-state index is 13.7. The lowest BCUT2D eigenvalue weighted by atomic mass is 10.00. The third-order valence-electron chi connectivity index (χ3n) is 8.39. The Bertz CT molecular complexity index is 1130. The van der Waals surface area contributed by atoms with Gasteiger partial charge in [0.2, 0.25) is 5.91 Å². The summed E-state index contributed by atoms with van der Waals surface area (Å²) in [7, 11) is 0. The standard InChI is InChI=1S/C34H48FN3O4/c1-25(2)23-41-31-12-8-28(9-13-31)22-33(39)37(21-14-27-6-10-29(35)11-7-27)30-15-19-36(20-16-30)17-5-18-38-32(26(3)4)24-42-34(38)40/h6-13,25-26,30,32H,5,14-24H2,1-4H3. The van der Waals surface area contributed by atoms with Crippen LogP contribution in [0.25, 0.3) is 0 Å². The highest BCUT2D eigenvalue weighted by Crippen LogP contribution is 2.22. The SMILES string of the molecule is CC(C)COc1ccc(CC(=O)N(CCc2ccc(F)cc2)C2CCN(CCCN3C(=O)OCC3C(C)C)CC2)cc1. The summed E-state index contributed by atoms with van der Waals surface area (Å²) in [5.41, 5.74) is 2.00. The van der Waals surface area contributed by atoms with Gasteiger partial charge in [0.25, 0.3) is 0 Å². The van der Waals surface area contributed by atoms with Crippen molar-refractivity contribution in [2.45, 2.75) is 71.9 Å². The van der Waals surface area contributed by atoms with Crippen LogP contribution in [-0.4, -0.2) is 84.7 Å². The predicted octanol–water partition coefficient (Wildman–Crippen LogP) is 5.81. The van der Waals surface area contributed by atoms with E-state index < -0.39 is 0 Å². The van der Waals surface area contributed by atoms with E-state index in [2.05, 4.69) is 37.5 Å². The summed E-state index contributed by atoms with van der Waals surface area (Å²) in [5.74, 6) is 1.52. The van der Waals surface area contributed by atoms with Gasteiger partial charge >= 0.3 is 6.09 Å². The summed E-state index contributed by atoms with van der Waals surface area (Å²) in [6.07, 6.45) is 3.58. The second-order valence-electron chi connectivity index (χ2n) is 12.5. The topological polar surface area (TPSA) is 62.3 Å². The molecule has 2 aromatic rings. The fraction of sp³-hybridized carbons (Fsp3) is 0.588. The highest BCUT2D eigenvalue weighted by molar-refractivity contribution is 5.79. The Morgan fingerprint density at radius 3 is 2.31 bits per heavy atom. The number of rotatable bonds is 14. The van der Waals surface area contributed by atoms with Crippen molar-refractivity contribution in [2.75, 3.05) is 45.9 Å². The minimum atomic E-state index is -0.249. The van der Waals surface area contributed by atoms with Crippen LogP contribution in [0.3, 0.4) is 0 Å². The molecule has 2 heterocycles. The number of carbonyl (C=O) groups is 2. The van der Waals surface area contributed by atoms with Crippen LogP contribution in [-0.2, 0) is 22.4 Å². The summed E-state index contributed by atoms with van der Waals surface area (Å²) in [5, 5.41) is 0. The summed E-state index contributed by atoms with van der Waals surface area (Å²) < 4.78 is 24.5. The second-order valence-corrected chi connectivity index (χ2v) is 12.5. The van der Waals surface area contributed by atoms with Gasteiger partial charge in [-0.15, -0.1) is 0 Å². The van der Waals surface area contributed by atoms with Gasteiger partial charge in [0, 0.05) is 32.2 Å². The van der Waals surface area contributed by atoms with Crippen LogP contribution in [0.2, 0.25) is 0 Å². The molecule has 0 radical (unpaired) electrons. The number of benzene rings is 2. The van der Waals surface area contributed by atoms with Crippen molar-refractivity contribution in [3.63, 3.8) is 0 Å². The molecule has 1 atom stereocenters. The number of likely N-dealkylation sites (tertiary alicyclic amines) is 1. The van der Waals surface area contributed by atoms with E-state index in [0.29, 0.717) is 51.0 Å². The average Bonchev–Trinajstić information content (AvgIpc) is 3.34. The molecule has 230 valence electrons. The zero-order chi connectivity index (χ0) is 30.1. The molecule has 42 heavy (non-hydrogen) atoms. The third-order valence-corrected chi connectivity index (χ3v) is 8.39. The molecule has 0 spiro atoms. The van der Waals surface area contributed by atoms with E-state index in [1.54, 1.807) is 12.1 Å². The van der Waals surface area contributed by atoms with Gasteiger partial charge in [0.15, 0.2) is 0 Å². The highest BCUT2D eigenvalue weighted by Gasteiger charge is 2.34. The van der Waals surface area contributed by atoms with Crippen molar-refractivity contribution >= 4 is 12.0 Å². The molecule has 0 bridgehead atoms. The number of ether oxygens (including phenoxy) is 2. The molecule has 0 aliphatic carbocycles. The molecule has 1 unspecified atom stereocenters. The normalized spacial score (nSPS) is 18.1. The molecular formula is C34H48FN3O4. The molecule has 2 amide bonds. The lowest BCUT2D eigenvalue weighted by Crippen LogP contribution is -2.49. The van der Waals surface area contributed by atoms with Gasteiger partial charge in [0.1, 0.15) is 18.2 Å². The molecule has 0 aromatic heterocycles. The molecular weight excluding hydrogens is 533 g/mol. The second kappa shape index (κ2) is 15.4. The summed E-state index contributed by atoms with van der Waals surface area (Å²) in [6.45, 7) is 13.7. The van der Waals surface area contributed by atoms with E-state index >= 15 is 0 Å². The van der Waals surface area contributed by atoms with E-state index in [1.807, 2.05) is 29.2 Å². The van der Waals surface area contributed by atoms with Gasteiger partial charge in [-0.1, -0.05) is 52.0 Å². The first-order chi connectivity index (χ1) is 20.2. The van der Waals surface area contributed by atoms with Crippen LogP contribution < -0.4 is 4.74 Å². The van der Waals surface area contributed by atoms with Crippen LogP contribution in [0.15, 0.2) is 48.5 Å². The third kappa shape index (κ3) is 9.18. The number of piperidine rings is 1. The van der Waals surface area contributed by atoms with Crippen LogP contribution in [0.4, 0.5) is 9.18 Å². The number of halogens is 1. The van der Waals surface area contributed by atoms with Crippen LogP contribution >= 0.6 is 0 Å². The van der Waals surface area contributed by atoms with Gasteiger partial charge in [0.05, 0.1) is 19.1 Å². The van der Waals surface area contributed by atoms with E-state index in [9.17, 15) is 14.0 Å². The van der Waals surface area contributed by atoms with Crippen LogP contribution in [0.5, 0.6) is 5.75 Å². The van der Waals surface area contributed by atoms with Crippen molar-refractivity contribution in [3.8, 4) is 5.75 Å². The fourth-order valence-electron chi connectivity index (χ4n) is 5.85. The monoisotopic (exact) mass is 581 g/mol. The molecule has 8 heteroatoms. The van der Waals surface area contributed by atoms with E-state index in [1.165, 1.54) is 12.1 Å². The van der Waals surface area contributed by atoms with Gasteiger partial charge < -0.3 is 24.2 Å². The first kappa shape index (κ1) is 31.8. The van der Waals surface area contributed by atoms with Gasteiger partial charge in [-0.25, -0.2) is 9.18 Å². The molecule has 2 fully saturated rings. The van der Waals surface area contributed by atoms with Crippen molar-refractivity contribution in [2.24, 2.45) is 11.8 Å². The Hall–Kier alpha value is -3.13. The molecule has 7 nitrogen and oxygen atoms in total. The van der Waals surface area contributed by atoms with Gasteiger partial charge in [-0.3, -0.25) is 4.79 Å². The van der Waals surface area contributed by atoms with Crippen molar-refractivity contribution < 1.29 is 23.5 Å². The Labute approximate surface area is 251 Å². The summed E-state index contributed by atoms with van der Waals surface area (Å²) >= 11 is 0. The number of cyclic esters (lactones) is 1. The highest BCUT2D eigenvalue weighted by atomic mass is 19.1. The molecule has 0 saturated carbocycles. The van der Waals surface area contributed by atoms with E-state index in [-0.39, 0.29) is 29.9 Å². The molecule has 2 aliphatic heterocycles. The van der Waals surface area contributed by atoms with E-state index in [0.717, 1.165) is 55.8 Å². The Balaban J connectivity index is 1.32. The zero-order valence-corrected chi connectivity index (χ0v) is 25.8. The Morgan fingerprint density at radius 1 is 1.00 bits per heavy atom. The zero-order valence-electron chi connectivity index (χ0n) is 25.8. The number of amides is 2. The minimum Gasteiger partial charge on any atom is -0.493 e. The Morgan fingerprint density at radius 2 is 1.67 bits per heavy atom. The first-order valence-electron chi connectivity index (χ1n) is 15.6. The molecule has 2 aliphatic rings. The lowest BCUT2D eigenvalue weighted by Gasteiger charge is -2.39. The fourth-order valence-corrected chi connectivity index (χ4v) is 5.85. The van der Waals surface area contributed by atoms with Crippen molar-refractivity contribution in [3.05, 3.63) is 65.5 Å². The minimum absolute atomic E-state index is 0.124. The summed E-state index contributed by atoms with van der Waals surface area (Å²) in [4.78, 5) is 32.2.